The maximum Gasteiger partial charge on any atom is 0.0927 e. The lowest BCUT2D eigenvalue weighted by atomic mass is 9.72. The molecule has 3 aromatic carbocycles. The summed E-state index contributed by atoms with van der Waals surface area (Å²) in [6, 6.07) is 24.4. The normalized spacial score (nSPS) is 27.5. The summed E-state index contributed by atoms with van der Waals surface area (Å²) in [5.41, 5.74) is 7.79. The zero-order chi connectivity index (χ0) is 20.3. The summed E-state index contributed by atoms with van der Waals surface area (Å²) in [6.07, 6.45) is 3.78. The van der Waals surface area contributed by atoms with Crippen molar-refractivity contribution in [1.29, 1.82) is 0 Å². The molecule has 2 aliphatic heterocycles. The van der Waals surface area contributed by atoms with Gasteiger partial charge in [0.2, 0.25) is 0 Å². The second-order valence-electron chi connectivity index (χ2n) is 9.17. The van der Waals surface area contributed by atoms with Crippen LogP contribution < -0.4 is 0 Å². The van der Waals surface area contributed by atoms with E-state index >= 15 is 0 Å². The van der Waals surface area contributed by atoms with Gasteiger partial charge in [0.15, 0.2) is 0 Å². The number of benzene rings is 3. The second kappa shape index (κ2) is 7.05. The highest BCUT2D eigenvalue weighted by atomic mass is 79.9. The van der Waals surface area contributed by atoms with Gasteiger partial charge in [0.05, 0.1) is 5.60 Å². The van der Waals surface area contributed by atoms with Gasteiger partial charge in [-0.05, 0) is 64.8 Å². The topological polar surface area (TPSA) is 23.5 Å². The first kappa shape index (κ1) is 18.8. The van der Waals surface area contributed by atoms with Gasteiger partial charge in [-0.3, -0.25) is 4.90 Å². The Morgan fingerprint density at radius 1 is 0.867 bits per heavy atom. The fourth-order valence-electron chi connectivity index (χ4n) is 6.10. The van der Waals surface area contributed by atoms with Crippen molar-refractivity contribution in [3.8, 4) is 0 Å². The average molecular weight is 460 g/mol. The molecule has 0 radical (unpaired) electrons. The van der Waals surface area contributed by atoms with E-state index in [-0.39, 0.29) is 6.04 Å². The standard InChI is InChI=1S/C27H26BrNO/c28-21-12-10-20(11-13-21)27(30)14-15-29-17-24-22-6-2-1-4-18(22)8-9-19-5-3-7-23(26(19)24)25(29)16-27/h1-7,10-13,24-25,30H,8-9,14-17H2/t24-,25-,27-/m1/s1. The molecule has 1 saturated heterocycles. The van der Waals surface area contributed by atoms with Crippen LogP contribution in [0.5, 0.6) is 0 Å². The van der Waals surface area contributed by atoms with Crippen LogP contribution in [0, 0.1) is 0 Å². The first-order valence-corrected chi connectivity index (χ1v) is 11.8. The molecular weight excluding hydrogens is 434 g/mol. The lowest BCUT2D eigenvalue weighted by Gasteiger charge is -2.49. The van der Waals surface area contributed by atoms with Crippen LogP contribution in [0.3, 0.4) is 0 Å². The Morgan fingerprint density at radius 3 is 2.47 bits per heavy atom. The van der Waals surface area contributed by atoms with Crippen LogP contribution in [-0.2, 0) is 18.4 Å². The van der Waals surface area contributed by atoms with Gasteiger partial charge in [-0.2, -0.15) is 0 Å². The molecule has 3 aromatic rings. The molecule has 1 fully saturated rings. The van der Waals surface area contributed by atoms with Gasteiger partial charge in [0, 0.05) is 35.9 Å². The molecule has 2 nitrogen and oxygen atoms in total. The van der Waals surface area contributed by atoms with Crippen LogP contribution in [0.2, 0.25) is 0 Å². The molecule has 0 bridgehead atoms. The molecule has 2 heterocycles. The average Bonchev–Trinajstić information content (AvgIpc) is 2.93. The van der Waals surface area contributed by atoms with Crippen LogP contribution in [-0.4, -0.2) is 23.1 Å². The predicted octanol–water partition coefficient (Wildman–Crippen LogP) is 5.72. The molecular formula is C27H26BrNO. The molecule has 0 aromatic heterocycles. The molecule has 1 N–H and O–H groups in total. The third kappa shape index (κ3) is 2.90. The summed E-state index contributed by atoms with van der Waals surface area (Å²) in [5, 5.41) is 11.7. The Hall–Kier alpha value is -1.94. The van der Waals surface area contributed by atoms with Crippen molar-refractivity contribution in [2.24, 2.45) is 0 Å². The zero-order valence-electron chi connectivity index (χ0n) is 17.0. The van der Waals surface area contributed by atoms with E-state index in [0.29, 0.717) is 5.92 Å². The van der Waals surface area contributed by atoms with E-state index in [1.807, 2.05) is 12.1 Å². The van der Waals surface area contributed by atoms with E-state index in [4.69, 9.17) is 0 Å². The van der Waals surface area contributed by atoms with Crippen LogP contribution in [0.15, 0.2) is 71.2 Å². The van der Waals surface area contributed by atoms with Crippen molar-refractivity contribution >= 4 is 15.9 Å². The van der Waals surface area contributed by atoms with Gasteiger partial charge in [-0.25, -0.2) is 0 Å². The largest absolute Gasteiger partial charge is 0.385 e. The highest BCUT2D eigenvalue weighted by Gasteiger charge is 2.45. The number of nitrogens with zero attached hydrogens (tertiary/aromatic N) is 1. The van der Waals surface area contributed by atoms with E-state index in [1.54, 1.807) is 5.56 Å². The van der Waals surface area contributed by atoms with Crippen molar-refractivity contribution in [2.45, 2.75) is 43.2 Å². The number of hydrogen-bond acceptors (Lipinski definition) is 2. The number of aryl methyl sites for hydroxylation is 2. The SMILES string of the molecule is O[C@]1(c2ccc(Br)cc2)CCN2C[C@@H]3c4ccccc4CCc4cccc(c43)[C@H]2C1. The Balaban J connectivity index is 1.44. The first-order chi connectivity index (χ1) is 14.6. The number of aliphatic hydroxyl groups is 1. The number of rotatable bonds is 1. The summed E-state index contributed by atoms with van der Waals surface area (Å²) in [7, 11) is 0. The molecule has 3 atom stereocenters. The van der Waals surface area contributed by atoms with Crippen molar-refractivity contribution < 1.29 is 5.11 Å². The third-order valence-corrected chi connectivity index (χ3v) is 8.14. The zero-order valence-corrected chi connectivity index (χ0v) is 18.6. The Kier molecular flexibility index (Phi) is 4.42. The van der Waals surface area contributed by atoms with Crippen molar-refractivity contribution in [3.05, 3.63) is 105 Å². The summed E-state index contributed by atoms with van der Waals surface area (Å²) in [6.45, 7) is 1.99. The van der Waals surface area contributed by atoms with Gasteiger partial charge in [-0.15, -0.1) is 0 Å². The molecule has 0 amide bonds. The lowest BCUT2D eigenvalue weighted by Crippen LogP contribution is -2.48. The summed E-state index contributed by atoms with van der Waals surface area (Å²) in [4.78, 5) is 2.63. The lowest BCUT2D eigenvalue weighted by molar-refractivity contribution is -0.0571. The number of fused-ring (bicyclic) bond motifs is 4. The second-order valence-corrected chi connectivity index (χ2v) is 10.1. The van der Waals surface area contributed by atoms with Crippen LogP contribution in [0.1, 0.15) is 58.2 Å². The first-order valence-electron chi connectivity index (χ1n) is 11.0. The van der Waals surface area contributed by atoms with E-state index in [2.05, 4.69) is 75.4 Å². The minimum absolute atomic E-state index is 0.281. The van der Waals surface area contributed by atoms with Crippen LogP contribution in [0.25, 0.3) is 0 Å². The van der Waals surface area contributed by atoms with Gasteiger partial charge in [-0.1, -0.05) is 70.5 Å². The predicted molar refractivity (Wildman–Crippen MR) is 124 cm³/mol. The summed E-state index contributed by atoms with van der Waals surface area (Å²) >= 11 is 3.52. The minimum Gasteiger partial charge on any atom is -0.385 e. The van der Waals surface area contributed by atoms with E-state index in [0.717, 1.165) is 48.8 Å². The molecule has 6 rings (SSSR count). The molecule has 1 aliphatic carbocycles. The molecule has 3 aliphatic rings. The fraction of sp³-hybridized carbons (Fsp3) is 0.333. The third-order valence-electron chi connectivity index (χ3n) is 7.61. The van der Waals surface area contributed by atoms with Gasteiger partial charge in [0.25, 0.3) is 0 Å². The molecule has 0 spiro atoms. The maximum atomic E-state index is 11.7. The quantitative estimate of drug-likeness (QED) is 0.502. The van der Waals surface area contributed by atoms with Gasteiger partial charge in [0.1, 0.15) is 0 Å². The summed E-state index contributed by atoms with van der Waals surface area (Å²) < 4.78 is 1.06. The highest BCUT2D eigenvalue weighted by Crippen LogP contribution is 2.50. The van der Waals surface area contributed by atoms with Crippen molar-refractivity contribution in [3.63, 3.8) is 0 Å². The monoisotopic (exact) mass is 459 g/mol. The van der Waals surface area contributed by atoms with Crippen molar-refractivity contribution in [2.75, 3.05) is 13.1 Å². The van der Waals surface area contributed by atoms with Crippen LogP contribution in [0.4, 0.5) is 0 Å². The van der Waals surface area contributed by atoms with E-state index in [9.17, 15) is 5.11 Å². The summed E-state index contributed by atoms with van der Waals surface area (Å²) in [5.74, 6) is 0.449. The Morgan fingerprint density at radius 2 is 1.60 bits per heavy atom. The molecule has 0 saturated carbocycles. The fourth-order valence-corrected chi connectivity index (χ4v) is 6.36. The molecule has 3 heteroatoms. The minimum atomic E-state index is -0.764. The van der Waals surface area contributed by atoms with E-state index in [1.165, 1.54) is 22.3 Å². The number of piperidine rings is 1. The molecule has 30 heavy (non-hydrogen) atoms. The number of halogens is 1. The highest BCUT2D eigenvalue weighted by molar-refractivity contribution is 9.10. The smallest absolute Gasteiger partial charge is 0.0927 e. The van der Waals surface area contributed by atoms with E-state index < -0.39 is 5.60 Å². The van der Waals surface area contributed by atoms with Gasteiger partial charge >= 0.3 is 0 Å². The maximum absolute atomic E-state index is 11.7. The van der Waals surface area contributed by atoms with Crippen LogP contribution >= 0.6 is 15.9 Å². The molecule has 0 unspecified atom stereocenters. The van der Waals surface area contributed by atoms with Gasteiger partial charge < -0.3 is 5.11 Å². The Labute approximate surface area is 186 Å². The van der Waals surface area contributed by atoms with Crippen molar-refractivity contribution in [1.82, 2.24) is 4.90 Å². The Bertz CT molecular complexity index is 1110. The number of hydrogen-bond donors (Lipinski definition) is 1. The molecule has 152 valence electrons.